The van der Waals surface area contributed by atoms with E-state index in [0.29, 0.717) is 5.92 Å². The fraction of sp³-hybridized carbons (Fsp3) is 0.280. The van der Waals surface area contributed by atoms with Crippen LogP contribution in [0.25, 0.3) is 33.5 Å². The second-order valence-electron chi connectivity index (χ2n) is 8.25. The normalized spacial score (nSPS) is 14.9. The van der Waals surface area contributed by atoms with Crippen LogP contribution in [-0.2, 0) is 0 Å². The molecule has 4 aromatic rings. The Morgan fingerprint density at radius 1 is 1.03 bits per heavy atom. The zero-order chi connectivity index (χ0) is 21.4. The van der Waals surface area contributed by atoms with Crippen LogP contribution in [0.2, 0.25) is 0 Å². The summed E-state index contributed by atoms with van der Waals surface area (Å²) in [7, 11) is 1.66. The van der Waals surface area contributed by atoms with Crippen LogP contribution in [0, 0.1) is 13.8 Å². The first kappa shape index (κ1) is 21.0. The van der Waals surface area contributed by atoms with E-state index >= 15 is 0 Å². The quantitative estimate of drug-likeness (QED) is 0.293. The highest BCUT2D eigenvalue weighted by molar-refractivity contribution is 14.2. The Morgan fingerprint density at radius 2 is 1.81 bits per heavy atom. The molecule has 1 N–H and O–H groups in total. The van der Waals surface area contributed by atoms with E-state index in [-0.39, 0.29) is 0 Å². The minimum atomic E-state index is 0.668. The third-order valence-electron chi connectivity index (χ3n) is 6.50. The Balaban J connectivity index is 1.60. The van der Waals surface area contributed by atoms with Crippen LogP contribution in [0.5, 0.6) is 0 Å². The van der Waals surface area contributed by atoms with Gasteiger partial charge >= 0.3 is 0 Å². The molecule has 3 heterocycles. The van der Waals surface area contributed by atoms with Crippen molar-refractivity contribution in [3.8, 4) is 22.5 Å². The number of hydrogen-bond acceptors (Lipinski definition) is 4. The van der Waals surface area contributed by atoms with Crippen molar-refractivity contribution in [1.82, 2.24) is 19.3 Å². The van der Waals surface area contributed by atoms with Crippen molar-refractivity contribution in [1.29, 1.82) is 0 Å². The minimum Gasteiger partial charge on any atom is -0.317 e. The maximum atomic E-state index is 4.69. The predicted molar refractivity (Wildman–Crippen MR) is 140 cm³/mol. The molecule has 6 heteroatoms. The molecular weight excluding hydrogens is 515 g/mol. The van der Waals surface area contributed by atoms with Gasteiger partial charge in [0, 0.05) is 41.3 Å². The summed E-state index contributed by atoms with van der Waals surface area (Å²) >= 11 is 2.34. The third-order valence-corrected chi connectivity index (χ3v) is 8.19. The van der Waals surface area contributed by atoms with Crippen LogP contribution in [0.4, 0.5) is 0 Å². The molecule has 1 saturated heterocycles. The van der Waals surface area contributed by atoms with Crippen LogP contribution in [-0.4, -0.2) is 27.0 Å². The van der Waals surface area contributed by atoms with Crippen LogP contribution < -0.4 is 5.32 Å². The van der Waals surface area contributed by atoms with E-state index in [1.807, 2.05) is 0 Å². The number of nitrogens with zero attached hydrogens (tertiary/aromatic N) is 3. The number of aryl methyl sites for hydroxylation is 1. The zero-order valence-corrected chi connectivity index (χ0v) is 20.7. The van der Waals surface area contributed by atoms with Crippen LogP contribution in [0.15, 0.2) is 54.9 Å². The van der Waals surface area contributed by atoms with Gasteiger partial charge in [-0.1, -0.05) is 42.5 Å². The number of hydrogen-bond donors (Lipinski definition) is 1. The number of rotatable bonds is 4. The summed E-state index contributed by atoms with van der Waals surface area (Å²) in [4.78, 5) is 9.34. The lowest BCUT2D eigenvalue weighted by Gasteiger charge is -2.23. The molecule has 158 valence electrons. The Bertz CT molecular complexity index is 1230. The largest absolute Gasteiger partial charge is 0.317 e. The lowest BCUT2D eigenvalue weighted by atomic mass is 9.89. The van der Waals surface area contributed by atoms with Crippen molar-refractivity contribution in [3.63, 3.8) is 0 Å². The predicted octanol–water partition coefficient (Wildman–Crippen LogP) is 6.70. The lowest BCUT2D eigenvalue weighted by molar-refractivity contribution is 0.460. The Morgan fingerprint density at radius 3 is 2.55 bits per heavy atom. The van der Waals surface area contributed by atoms with E-state index in [2.05, 4.69) is 97.9 Å². The van der Waals surface area contributed by atoms with Gasteiger partial charge in [-0.15, -0.1) is 0 Å². The first-order chi connectivity index (χ1) is 15.2. The molecule has 4 nitrogen and oxygen atoms in total. The third kappa shape index (κ3) is 3.90. The molecule has 0 unspecified atom stereocenters. The molecule has 0 spiro atoms. The van der Waals surface area contributed by atoms with Crippen molar-refractivity contribution in [2.24, 2.45) is 0 Å². The fourth-order valence-corrected chi connectivity index (χ4v) is 6.20. The van der Waals surface area contributed by atoms with Gasteiger partial charge in [0.05, 0.1) is 11.4 Å². The highest BCUT2D eigenvalue weighted by atomic mass is 127. The van der Waals surface area contributed by atoms with Crippen molar-refractivity contribution >= 4 is 41.4 Å². The Hall–Kier alpha value is -1.90. The molecule has 0 amide bonds. The fourth-order valence-electron chi connectivity index (χ4n) is 4.56. The van der Waals surface area contributed by atoms with Gasteiger partial charge in [0.1, 0.15) is 6.33 Å². The van der Waals surface area contributed by atoms with Crippen molar-refractivity contribution in [3.05, 3.63) is 71.5 Å². The highest BCUT2D eigenvalue weighted by Gasteiger charge is 2.19. The van der Waals surface area contributed by atoms with Gasteiger partial charge in [-0.25, -0.2) is 9.97 Å². The maximum Gasteiger partial charge on any atom is 0.155 e. The summed E-state index contributed by atoms with van der Waals surface area (Å²) < 4.78 is 2.21. The van der Waals surface area contributed by atoms with Gasteiger partial charge in [-0.3, -0.25) is 3.97 Å². The van der Waals surface area contributed by atoms with E-state index in [1.165, 1.54) is 46.4 Å². The Kier molecular flexibility index (Phi) is 6.03. The van der Waals surface area contributed by atoms with Gasteiger partial charge in [-0.2, -0.15) is 0 Å². The molecular formula is C25H25IN4S. The second-order valence-corrected chi connectivity index (χ2v) is 9.93. The molecule has 2 aromatic carbocycles. The number of benzene rings is 2. The Labute approximate surface area is 199 Å². The van der Waals surface area contributed by atoms with Gasteiger partial charge in [0.25, 0.3) is 0 Å². The molecule has 0 aliphatic carbocycles. The zero-order valence-electron chi connectivity index (χ0n) is 17.7. The van der Waals surface area contributed by atoms with E-state index in [1.54, 1.807) is 15.4 Å². The van der Waals surface area contributed by atoms with Crippen LogP contribution in [0.1, 0.15) is 35.4 Å². The topological polar surface area (TPSA) is 42.7 Å². The molecule has 0 radical (unpaired) electrons. The summed E-state index contributed by atoms with van der Waals surface area (Å²) in [6.45, 7) is 6.56. The number of aromatic nitrogens is 3. The average Bonchev–Trinajstić information content (AvgIpc) is 3.20. The first-order valence-corrected chi connectivity index (χ1v) is 14.0. The molecule has 5 rings (SSSR count). The van der Waals surface area contributed by atoms with Crippen molar-refractivity contribution in [2.75, 3.05) is 13.1 Å². The van der Waals surface area contributed by atoms with Crippen LogP contribution >= 0.6 is 30.3 Å². The van der Waals surface area contributed by atoms with E-state index in [0.717, 1.165) is 29.8 Å². The van der Waals surface area contributed by atoms with E-state index < -0.39 is 0 Å². The van der Waals surface area contributed by atoms with E-state index in [4.69, 9.17) is 4.98 Å². The minimum absolute atomic E-state index is 0.668. The summed E-state index contributed by atoms with van der Waals surface area (Å²) in [5, 5.41) is 4.55. The molecule has 1 aliphatic rings. The molecule has 1 aliphatic heterocycles. The van der Waals surface area contributed by atoms with Crippen molar-refractivity contribution < 1.29 is 0 Å². The molecule has 0 saturated carbocycles. The van der Waals surface area contributed by atoms with Gasteiger partial charge < -0.3 is 5.32 Å². The molecule has 0 bridgehead atoms. The average molecular weight is 540 g/mol. The summed E-state index contributed by atoms with van der Waals surface area (Å²) in [5.41, 5.74) is 9.52. The SMILES string of the molecule is Cc1cccc(-c2ncnc3c2cc(-c2ccc(C4CCNCC4)cc2)n3SI)c1C. The smallest absolute Gasteiger partial charge is 0.155 e. The van der Waals surface area contributed by atoms with E-state index in [9.17, 15) is 0 Å². The standard InChI is InChI=1S/C25H25IN4S/c1-16-4-3-5-21(17(16)2)24-22-14-23(30(31-26)25(22)29-15-28-24)20-8-6-18(7-9-20)19-10-12-27-13-11-19/h3-9,14-15,19,27H,10-13H2,1-2H3. The summed E-state index contributed by atoms with van der Waals surface area (Å²) in [6.07, 6.45) is 4.13. The number of nitrogens with one attached hydrogen (secondary N) is 1. The monoisotopic (exact) mass is 540 g/mol. The molecule has 2 aromatic heterocycles. The highest BCUT2D eigenvalue weighted by Crippen LogP contribution is 2.38. The summed E-state index contributed by atoms with van der Waals surface area (Å²) in [6, 6.07) is 17.8. The number of halogens is 1. The molecule has 31 heavy (non-hydrogen) atoms. The van der Waals surface area contributed by atoms with Gasteiger partial charge in [-0.05, 0) is 74.0 Å². The summed E-state index contributed by atoms with van der Waals surface area (Å²) in [5.74, 6) is 0.668. The van der Waals surface area contributed by atoms with Gasteiger partial charge in [0.15, 0.2) is 5.65 Å². The maximum absolute atomic E-state index is 4.69. The number of piperidine rings is 1. The molecule has 0 atom stereocenters. The lowest BCUT2D eigenvalue weighted by Crippen LogP contribution is -2.26. The van der Waals surface area contributed by atoms with Gasteiger partial charge in [0.2, 0.25) is 0 Å². The van der Waals surface area contributed by atoms with Crippen LogP contribution in [0.3, 0.4) is 0 Å². The second kappa shape index (κ2) is 8.92. The van der Waals surface area contributed by atoms with Crippen molar-refractivity contribution in [2.45, 2.75) is 32.6 Å². The molecule has 1 fully saturated rings. The number of fused-ring (bicyclic) bond motifs is 1. The first-order valence-electron chi connectivity index (χ1n) is 10.7.